The SMILES string of the molecule is CC(C)c1ccc(CNCC23CC4CC(CC(C4)C2)C3)c(F)c1. The lowest BCUT2D eigenvalue weighted by atomic mass is 9.49. The Labute approximate surface area is 140 Å². The topological polar surface area (TPSA) is 12.0 Å². The summed E-state index contributed by atoms with van der Waals surface area (Å²) in [6, 6.07) is 5.76. The molecule has 0 spiro atoms. The number of rotatable bonds is 5. The number of nitrogens with one attached hydrogen (secondary N) is 1. The summed E-state index contributed by atoms with van der Waals surface area (Å²) in [5, 5.41) is 3.61. The van der Waals surface area contributed by atoms with Crippen LogP contribution in [0.2, 0.25) is 0 Å². The second-order valence-corrected chi connectivity index (χ2v) is 9.03. The zero-order valence-electron chi connectivity index (χ0n) is 14.6. The van der Waals surface area contributed by atoms with Crippen LogP contribution in [0.3, 0.4) is 0 Å². The molecule has 0 aliphatic heterocycles. The van der Waals surface area contributed by atoms with Crippen molar-refractivity contribution in [3.8, 4) is 0 Å². The first kappa shape index (κ1) is 15.6. The average Bonchev–Trinajstić information content (AvgIpc) is 2.47. The maximum Gasteiger partial charge on any atom is 0.127 e. The van der Waals surface area contributed by atoms with Crippen molar-refractivity contribution in [3.63, 3.8) is 0 Å². The molecule has 0 amide bonds. The molecule has 126 valence electrons. The molecule has 0 unspecified atom stereocenters. The molecule has 4 aliphatic rings. The Bertz CT molecular complexity index is 542. The highest BCUT2D eigenvalue weighted by atomic mass is 19.1. The summed E-state index contributed by atoms with van der Waals surface area (Å²) in [7, 11) is 0. The van der Waals surface area contributed by atoms with E-state index in [1.165, 1.54) is 38.5 Å². The van der Waals surface area contributed by atoms with E-state index in [9.17, 15) is 4.39 Å². The summed E-state index contributed by atoms with van der Waals surface area (Å²) >= 11 is 0. The monoisotopic (exact) mass is 315 g/mol. The normalized spacial score (nSPS) is 35.2. The van der Waals surface area contributed by atoms with Gasteiger partial charge in [-0.2, -0.15) is 0 Å². The van der Waals surface area contributed by atoms with Gasteiger partial charge in [0.15, 0.2) is 0 Å². The molecule has 1 nitrogen and oxygen atoms in total. The Kier molecular flexibility index (Phi) is 3.99. The maximum atomic E-state index is 14.3. The predicted molar refractivity (Wildman–Crippen MR) is 92.8 cm³/mol. The Morgan fingerprint density at radius 1 is 1.09 bits per heavy atom. The van der Waals surface area contributed by atoms with Crippen molar-refractivity contribution in [3.05, 3.63) is 35.1 Å². The minimum Gasteiger partial charge on any atom is -0.312 e. The second kappa shape index (κ2) is 5.88. The first-order chi connectivity index (χ1) is 11.0. The fourth-order valence-corrected chi connectivity index (χ4v) is 6.03. The molecular weight excluding hydrogens is 285 g/mol. The lowest BCUT2D eigenvalue weighted by Crippen LogP contribution is -2.50. The van der Waals surface area contributed by atoms with Gasteiger partial charge in [0.05, 0.1) is 0 Å². The molecule has 5 rings (SSSR count). The van der Waals surface area contributed by atoms with Crippen molar-refractivity contribution >= 4 is 0 Å². The van der Waals surface area contributed by atoms with Gasteiger partial charge in [0.2, 0.25) is 0 Å². The molecule has 1 N–H and O–H groups in total. The molecule has 0 saturated heterocycles. The van der Waals surface area contributed by atoms with E-state index < -0.39 is 0 Å². The predicted octanol–water partition coefficient (Wildman–Crippen LogP) is 5.26. The van der Waals surface area contributed by atoms with Crippen molar-refractivity contribution in [2.45, 2.75) is 64.8 Å². The second-order valence-electron chi connectivity index (χ2n) is 9.03. The average molecular weight is 315 g/mol. The summed E-state index contributed by atoms with van der Waals surface area (Å²) in [4.78, 5) is 0. The van der Waals surface area contributed by atoms with E-state index in [0.717, 1.165) is 35.4 Å². The van der Waals surface area contributed by atoms with Crippen LogP contribution in [-0.2, 0) is 6.54 Å². The Hall–Kier alpha value is -0.890. The summed E-state index contributed by atoms with van der Waals surface area (Å²) < 4.78 is 14.3. The van der Waals surface area contributed by atoms with Crippen LogP contribution in [0.1, 0.15) is 69.4 Å². The highest BCUT2D eigenvalue weighted by Gasteiger charge is 2.50. The van der Waals surface area contributed by atoms with E-state index in [1.807, 2.05) is 6.07 Å². The van der Waals surface area contributed by atoms with Gasteiger partial charge in [0.1, 0.15) is 5.82 Å². The standard InChI is InChI=1S/C21H30FN/c1-14(2)18-3-4-19(20(22)8-18)12-23-13-21-9-15-5-16(10-21)7-17(6-15)11-21/h3-4,8,14-17,23H,5-7,9-13H2,1-2H3. The molecule has 2 heteroatoms. The van der Waals surface area contributed by atoms with Gasteiger partial charge in [0, 0.05) is 18.7 Å². The smallest absolute Gasteiger partial charge is 0.127 e. The fraction of sp³-hybridized carbons (Fsp3) is 0.714. The van der Waals surface area contributed by atoms with Crippen molar-refractivity contribution in [2.24, 2.45) is 23.2 Å². The molecular formula is C21H30FN. The number of benzene rings is 1. The molecule has 23 heavy (non-hydrogen) atoms. The summed E-state index contributed by atoms with van der Waals surface area (Å²) in [6.45, 7) is 5.98. The van der Waals surface area contributed by atoms with E-state index in [2.05, 4.69) is 25.2 Å². The molecule has 4 fully saturated rings. The molecule has 0 radical (unpaired) electrons. The summed E-state index contributed by atoms with van der Waals surface area (Å²) in [5.74, 6) is 3.31. The molecule has 4 saturated carbocycles. The van der Waals surface area contributed by atoms with Crippen LogP contribution in [0.15, 0.2) is 18.2 Å². The first-order valence-electron chi connectivity index (χ1n) is 9.52. The number of halogens is 1. The van der Waals surface area contributed by atoms with E-state index >= 15 is 0 Å². The van der Waals surface area contributed by atoms with Gasteiger partial charge >= 0.3 is 0 Å². The highest BCUT2D eigenvalue weighted by Crippen LogP contribution is 2.59. The third-order valence-electron chi connectivity index (χ3n) is 6.72. The number of hydrogen-bond donors (Lipinski definition) is 1. The fourth-order valence-electron chi connectivity index (χ4n) is 6.03. The maximum absolute atomic E-state index is 14.3. The van der Waals surface area contributed by atoms with E-state index in [0.29, 0.717) is 17.9 Å². The molecule has 4 aliphatic carbocycles. The van der Waals surface area contributed by atoms with Crippen LogP contribution < -0.4 is 5.32 Å². The minimum atomic E-state index is -0.0470. The van der Waals surface area contributed by atoms with Crippen molar-refractivity contribution in [1.82, 2.24) is 5.32 Å². The van der Waals surface area contributed by atoms with E-state index in [1.54, 1.807) is 6.07 Å². The minimum absolute atomic E-state index is 0.0470. The number of hydrogen-bond acceptors (Lipinski definition) is 1. The zero-order chi connectivity index (χ0) is 16.0. The third kappa shape index (κ3) is 3.07. The van der Waals surface area contributed by atoms with Gasteiger partial charge in [-0.3, -0.25) is 0 Å². The first-order valence-corrected chi connectivity index (χ1v) is 9.52. The molecule has 4 bridgehead atoms. The van der Waals surface area contributed by atoms with E-state index in [4.69, 9.17) is 0 Å². The van der Waals surface area contributed by atoms with Crippen LogP contribution >= 0.6 is 0 Å². The molecule has 0 atom stereocenters. The highest BCUT2D eigenvalue weighted by molar-refractivity contribution is 5.26. The Morgan fingerprint density at radius 2 is 1.70 bits per heavy atom. The zero-order valence-corrected chi connectivity index (χ0v) is 14.6. The van der Waals surface area contributed by atoms with Gasteiger partial charge in [-0.1, -0.05) is 26.0 Å². The van der Waals surface area contributed by atoms with Crippen molar-refractivity contribution in [2.75, 3.05) is 6.54 Å². The van der Waals surface area contributed by atoms with Crippen LogP contribution in [0.4, 0.5) is 4.39 Å². The quantitative estimate of drug-likeness (QED) is 0.782. The summed E-state index contributed by atoms with van der Waals surface area (Å²) in [5.41, 5.74) is 2.44. The lowest BCUT2D eigenvalue weighted by molar-refractivity contribution is -0.0514. The van der Waals surface area contributed by atoms with Gasteiger partial charge < -0.3 is 5.32 Å². The summed E-state index contributed by atoms with van der Waals surface area (Å²) in [6.07, 6.45) is 8.72. The van der Waals surface area contributed by atoms with Gasteiger partial charge in [-0.15, -0.1) is 0 Å². The largest absolute Gasteiger partial charge is 0.312 e. The van der Waals surface area contributed by atoms with E-state index in [-0.39, 0.29) is 5.82 Å². The van der Waals surface area contributed by atoms with Crippen molar-refractivity contribution < 1.29 is 4.39 Å². The third-order valence-corrected chi connectivity index (χ3v) is 6.72. The van der Waals surface area contributed by atoms with Crippen LogP contribution in [0.5, 0.6) is 0 Å². The van der Waals surface area contributed by atoms with Crippen molar-refractivity contribution in [1.29, 1.82) is 0 Å². The molecule has 0 aromatic heterocycles. The lowest BCUT2D eigenvalue weighted by Gasteiger charge is -2.57. The van der Waals surface area contributed by atoms with Gasteiger partial charge in [-0.25, -0.2) is 4.39 Å². The Balaban J connectivity index is 1.37. The molecule has 0 heterocycles. The molecule has 1 aromatic carbocycles. The van der Waals surface area contributed by atoms with Gasteiger partial charge in [0.25, 0.3) is 0 Å². The van der Waals surface area contributed by atoms with Gasteiger partial charge in [-0.05, 0) is 79.2 Å². The molecule has 1 aromatic rings. The van der Waals surface area contributed by atoms with Crippen LogP contribution in [0.25, 0.3) is 0 Å². The Morgan fingerprint density at radius 3 is 2.22 bits per heavy atom. The van der Waals surface area contributed by atoms with Crippen LogP contribution in [-0.4, -0.2) is 6.54 Å². The van der Waals surface area contributed by atoms with Crippen LogP contribution in [0, 0.1) is 29.0 Å².